The molecular formula is C15H29N3O2. The molecule has 2 atom stereocenters. The van der Waals surface area contributed by atoms with Gasteiger partial charge in [-0.2, -0.15) is 4.98 Å². The van der Waals surface area contributed by atoms with Gasteiger partial charge in [-0.15, -0.1) is 0 Å². The zero-order valence-electron chi connectivity index (χ0n) is 13.1. The standard InChI is InChI=1S/C15H29N3O2/c1-4-7-13(19-6-3)15-17-14(20-18-15)9-8-12(5-2)10-11-16/h12-13H,4-11,16H2,1-3H3. The van der Waals surface area contributed by atoms with Crippen molar-refractivity contribution in [2.24, 2.45) is 11.7 Å². The Morgan fingerprint density at radius 2 is 2.00 bits per heavy atom. The molecule has 0 aliphatic rings. The third-order valence-electron chi connectivity index (χ3n) is 3.61. The third kappa shape index (κ3) is 5.59. The largest absolute Gasteiger partial charge is 0.370 e. The van der Waals surface area contributed by atoms with Crippen LogP contribution in [0.2, 0.25) is 0 Å². The minimum atomic E-state index is -0.0338. The predicted molar refractivity (Wildman–Crippen MR) is 79.3 cm³/mol. The third-order valence-corrected chi connectivity index (χ3v) is 3.61. The second-order valence-electron chi connectivity index (χ2n) is 5.17. The Kier molecular flexibility index (Phi) is 8.46. The van der Waals surface area contributed by atoms with Crippen molar-refractivity contribution in [1.82, 2.24) is 10.1 Å². The van der Waals surface area contributed by atoms with E-state index in [-0.39, 0.29) is 6.10 Å². The van der Waals surface area contributed by atoms with Gasteiger partial charge in [-0.1, -0.05) is 31.8 Å². The lowest BCUT2D eigenvalue weighted by Crippen LogP contribution is -2.09. The molecule has 0 saturated carbocycles. The minimum absolute atomic E-state index is 0.0338. The second kappa shape index (κ2) is 9.88. The number of nitrogens with two attached hydrogens (primary N) is 1. The van der Waals surface area contributed by atoms with Crippen molar-refractivity contribution >= 4 is 0 Å². The maximum Gasteiger partial charge on any atom is 0.226 e. The fourth-order valence-electron chi connectivity index (χ4n) is 2.37. The van der Waals surface area contributed by atoms with Crippen LogP contribution in [0.25, 0.3) is 0 Å². The summed E-state index contributed by atoms with van der Waals surface area (Å²) in [6.45, 7) is 7.74. The van der Waals surface area contributed by atoms with E-state index in [0.717, 1.165) is 51.0 Å². The summed E-state index contributed by atoms with van der Waals surface area (Å²) in [4.78, 5) is 4.48. The molecule has 116 valence electrons. The first-order valence-corrected chi connectivity index (χ1v) is 7.89. The highest BCUT2D eigenvalue weighted by Crippen LogP contribution is 2.21. The van der Waals surface area contributed by atoms with Crippen molar-refractivity contribution in [3.63, 3.8) is 0 Å². The van der Waals surface area contributed by atoms with Gasteiger partial charge in [-0.3, -0.25) is 0 Å². The lowest BCUT2D eigenvalue weighted by atomic mass is 9.97. The molecule has 1 aromatic rings. The Hall–Kier alpha value is -0.940. The van der Waals surface area contributed by atoms with Gasteiger partial charge in [-0.25, -0.2) is 0 Å². The van der Waals surface area contributed by atoms with E-state index in [2.05, 4.69) is 24.0 Å². The molecule has 0 fully saturated rings. The Labute approximate surface area is 122 Å². The molecule has 0 saturated heterocycles. The molecule has 5 heteroatoms. The number of aromatic nitrogens is 2. The Bertz CT molecular complexity index is 349. The van der Waals surface area contributed by atoms with Gasteiger partial charge in [0.05, 0.1) is 0 Å². The molecule has 1 aromatic heterocycles. The molecule has 0 radical (unpaired) electrons. The van der Waals surface area contributed by atoms with Gasteiger partial charge < -0.3 is 15.0 Å². The minimum Gasteiger partial charge on any atom is -0.370 e. The van der Waals surface area contributed by atoms with Crippen molar-refractivity contribution in [2.45, 2.75) is 65.4 Å². The van der Waals surface area contributed by atoms with Gasteiger partial charge in [0, 0.05) is 13.0 Å². The first-order valence-electron chi connectivity index (χ1n) is 7.89. The van der Waals surface area contributed by atoms with Gasteiger partial charge in [0.2, 0.25) is 11.7 Å². The summed E-state index contributed by atoms with van der Waals surface area (Å²) < 4.78 is 11.0. The lowest BCUT2D eigenvalue weighted by molar-refractivity contribution is 0.0477. The molecule has 0 aliphatic heterocycles. The van der Waals surface area contributed by atoms with E-state index in [1.54, 1.807) is 0 Å². The second-order valence-corrected chi connectivity index (χ2v) is 5.17. The van der Waals surface area contributed by atoms with E-state index in [0.29, 0.717) is 18.3 Å². The molecule has 0 aliphatic carbocycles. The smallest absolute Gasteiger partial charge is 0.226 e. The van der Waals surface area contributed by atoms with Crippen molar-refractivity contribution < 1.29 is 9.26 Å². The molecule has 5 nitrogen and oxygen atoms in total. The predicted octanol–water partition coefficient (Wildman–Crippen LogP) is 3.25. The number of nitrogens with zero attached hydrogens (tertiary/aromatic N) is 2. The Balaban J connectivity index is 2.52. The van der Waals surface area contributed by atoms with Gasteiger partial charge in [0.25, 0.3) is 0 Å². The van der Waals surface area contributed by atoms with Crippen molar-refractivity contribution in [3.05, 3.63) is 11.7 Å². The average molecular weight is 283 g/mol. The fraction of sp³-hybridized carbons (Fsp3) is 0.867. The summed E-state index contributed by atoms with van der Waals surface area (Å²) in [5.74, 6) is 2.06. The monoisotopic (exact) mass is 283 g/mol. The number of aryl methyl sites for hydroxylation is 1. The topological polar surface area (TPSA) is 74.2 Å². The van der Waals surface area contributed by atoms with E-state index in [1.807, 2.05) is 6.92 Å². The van der Waals surface area contributed by atoms with E-state index in [4.69, 9.17) is 15.0 Å². The summed E-state index contributed by atoms with van der Waals surface area (Å²) in [5, 5.41) is 4.07. The van der Waals surface area contributed by atoms with Crippen LogP contribution in [0.15, 0.2) is 4.52 Å². The summed E-state index contributed by atoms with van der Waals surface area (Å²) >= 11 is 0. The number of ether oxygens (including phenoxy) is 1. The molecule has 0 spiro atoms. The van der Waals surface area contributed by atoms with Gasteiger partial charge in [0.15, 0.2) is 0 Å². The first-order chi connectivity index (χ1) is 9.74. The maximum absolute atomic E-state index is 5.67. The van der Waals surface area contributed by atoms with Gasteiger partial charge in [0.1, 0.15) is 6.10 Å². The van der Waals surface area contributed by atoms with Crippen LogP contribution >= 0.6 is 0 Å². The molecule has 20 heavy (non-hydrogen) atoms. The van der Waals surface area contributed by atoms with Crippen LogP contribution in [0.3, 0.4) is 0 Å². The molecule has 1 rings (SSSR count). The Morgan fingerprint density at radius 3 is 2.60 bits per heavy atom. The molecule has 2 N–H and O–H groups in total. The highest BCUT2D eigenvalue weighted by atomic mass is 16.5. The fourth-order valence-corrected chi connectivity index (χ4v) is 2.37. The molecule has 0 amide bonds. The summed E-state index contributed by atoms with van der Waals surface area (Å²) in [6, 6.07) is 0. The number of hydrogen-bond donors (Lipinski definition) is 1. The summed E-state index contributed by atoms with van der Waals surface area (Å²) in [7, 11) is 0. The van der Waals surface area contributed by atoms with E-state index in [9.17, 15) is 0 Å². The quantitative estimate of drug-likeness (QED) is 0.674. The van der Waals surface area contributed by atoms with E-state index >= 15 is 0 Å². The van der Waals surface area contributed by atoms with Crippen LogP contribution in [0.4, 0.5) is 0 Å². The van der Waals surface area contributed by atoms with E-state index in [1.165, 1.54) is 0 Å². The van der Waals surface area contributed by atoms with Crippen LogP contribution in [0, 0.1) is 5.92 Å². The van der Waals surface area contributed by atoms with Crippen LogP contribution in [-0.4, -0.2) is 23.3 Å². The van der Waals surface area contributed by atoms with Gasteiger partial charge in [-0.05, 0) is 38.6 Å². The van der Waals surface area contributed by atoms with Crippen molar-refractivity contribution in [3.8, 4) is 0 Å². The SMILES string of the molecule is CCCC(OCC)c1noc(CCC(CC)CCN)n1. The lowest BCUT2D eigenvalue weighted by Gasteiger charge is -2.12. The maximum atomic E-state index is 5.67. The normalized spacial score (nSPS) is 14.4. The van der Waals surface area contributed by atoms with Crippen molar-refractivity contribution in [1.29, 1.82) is 0 Å². The molecule has 0 bridgehead atoms. The molecule has 1 heterocycles. The molecular weight excluding hydrogens is 254 g/mol. The van der Waals surface area contributed by atoms with Crippen LogP contribution in [-0.2, 0) is 11.2 Å². The van der Waals surface area contributed by atoms with E-state index < -0.39 is 0 Å². The number of rotatable bonds is 11. The first kappa shape index (κ1) is 17.1. The van der Waals surface area contributed by atoms with Crippen LogP contribution < -0.4 is 5.73 Å². The molecule has 2 unspecified atom stereocenters. The van der Waals surface area contributed by atoms with Gasteiger partial charge >= 0.3 is 0 Å². The summed E-state index contributed by atoms with van der Waals surface area (Å²) in [5.41, 5.74) is 5.62. The highest BCUT2D eigenvalue weighted by molar-refractivity contribution is 4.91. The Morgan fingerprint density at radius 1 is 1.20 bits per heavy atom. The average Bonchev–Trinajstić information content (AvgIpc) is 2.92. The number of hydrogen-bond acceptors (Lipinski definition) is 5. The molecule has 0 aromatic carbocycles. The highest BCUT2D eigenvalue weighted by Gasteiger charge is 2.18. The zero-order valence-corrected chi connectivity index (χ0v) is 13.1. The van der Waals surface area contributed by atoms with Crippen LogP contribution in [0.1, 0.15) is 70.7 Å². The van der Waals surface area contributed by atoms with Crippen molar-refractivity contribution in [2.75, 3.05) is 13.2 Å². The van der Waals surface area contributed by atoms with Crippen LogP contribution in [0.5, 0.6) is 0 Å². The zero-order chi connectivity index (χ0) is 14.8. The summed E-state index contributed by atoms with van der Waals surface area (Å²) in [6.07, 6.45) is 6.04.